The monoisotopic (exact) mass is 1100 g/mol. The van der Waals surface area contributed by atoms with Gasteiger partial charge in [0, 0.05) is 126 Å². The Kier molecular flexibility index (Phi) is 13.8. The second-order valence-corrected chi connectivity index (χ2v) is 18.7. The molecule has 12 aromatic heterocycles. The predicted octanol–water partition coefficient (Wildman–Crippen LogP) is 12.9. The van der Waals surface area contributed by atoms with Crippen molar-refractivity contribution in [3.63, 3.8) is 0 Å². The van der Waals surface area contributed by atoms with E-state index < -0.39 is 0 Å². The van der Waals surface area contributed by atoms with Gasteiger partial charge >= 0.3 is 0 Å². The standard InChI is InChI=1S/C22H14FN5O.C21H13FN6.C21H12FN5/c1-29-22-17-12-24-10-8-13(17)20(27-28-22)16-11-19(15-5-2-3-7-18(15)23)26-21-14(16)6-4-9-25-21;22-17-6-2-1-4-14(17)18-10-15(13-5-3-8-25-21(13)27-18)19-12-7-9-24-20(23)16(12)11-26-28-19;22-18-6-2-1-4-16(18)19-10-17(15-5-3-8-24-21(15)26-19)20-14-7-9-23-11-13(14)12-25-27-20/h2-12H,1H3;1-11H,(H2,23,24);1-12H. The van der Waals surface area contributed by atoms with Crippen LogP contribution in [0.25, 0.3) is 133 Å². The summed E-state index contributed by atoms with van der Waals surface area (Å²) in [6.07, 6.45) is 16.7. The molecule has 0 amide bonds. The number of rotatable bonds is 7. The van der Waals surface area contributed by atoms with Gasteiger partial charge in [-0.05, 0) is 109 Å². The molecule has 0 saturated carbocycles. The van der Waals surface area contributed by atoms with E-state index in [4.69, 9.17) is 10.5 Å². The first kappa shape index (κ1) is 51.6. The summed E-state index contributed by atoms with van der Waals surface area (Å²) in [5, 5.41) is 32.8. The summed E-state index contributed by atoms with van der Waals surface area (Å²) < 4.78 is 48.5. The number of anilines is 1. The zero-order chi connectivity index (χ0) is 57.1. The molecular formula is C64H39F3N16O. The largest absolute Gasteiger partial charge is 0.479 e. The van der Waals surface area contributed by atoms with Gasteiger partial charge in [0.05, 0.1) is 42.0 Å². The normalized spacial score (nSPS) is 11.1. The molecule has 0 aliphatic rings. The Balaban J connectivity index is 0.000000118. The van der Waals surface area contributed by atoms with Crippen LogP contribution in [0.4, 0.5) is 19.0 Å². The number of aromatic nitrogens is 15. The van der Waals surface area contributed by atoms with Crippen molar-refractivity contribution >= 4 is 71.2 Å². The summed E-state index contributed by atoms with van der Waals surface area (Å²) in [7, 11) is 1.54. The summed E-state index contributed by atoms with van der Waals surface area (Å²) in [6, 6.07) is 41.9. The van der Waals surface area contributed by atoms with Gasteiger partial charge in [-0.15, -0.1) is 20.4 Å². The number of fused-ring (bicyclic) bond motifs is 6. The highest BCUT2D eigenvalue weighted by Crippen LogP contribution is 2.39. The first-order valence-corrected chi connectivity index (χ1v) is 25.9. The van der Waals surface area contributed by atoms with Gasteiger partial charge in [-0.3, -0.25) is 9.97 Å². The Morgan fingerprint density at radius 3 is 1.31 bits per heavy atom. The molecule has 15 rings (SSSR count). The molecule has 0 aliphatic heterocycles. The first-order chi connectivity index (χ1) is 41.3. The van der Waals surface area contributed by atoms with Gasteiger partial charge < -0.3 is 10.5 Å². The highest BCUT2D eigenvalue weighted by Gasteiger charge is 2.21. The van der Waals surface area contributed by atoms with Crippen molar-refractivity contribution in [1.29, 1.82) is 0 Å². The summed E-state index contributed by atoms with van der Waals surface area (Å²) in [5.74, 6) is -0.272. The molecule has 0 spiro atoms. The van der Waals surface area contributed by atoms with Crippen LogP contribution >= 0.6 is 0 Å². The van der Waals surface area contributed by atoms with E-state index in [0.29, 0.717) is 84.9 Å². The summed E-state index contributed by atoms with van der Waals surface area (Å²) in [5.41, 5.74) is 14.4. The fraction of sp³-hybridized carbons (Fsp3) is 0.0156. The van der Waals surface area contributed by atoms with E-state index >= 15 is 0 Å². The number of ether oxygens (including phenoxy) is 1. The molecule has 0 radical (unpaired) electrons. The zero-order valence-electron chi connectivity index (χ0n) is 44.0. The van der Waals surface area contributed by atoms with Crippen molar-refractivity contribution in [3.8, 4) is 73.4 Å². The smallest absolute Gasteiger partial charge is 0.242 e. The Hall–Kier alpha value is -11.8. The molecule has 0 bridgehead atoms. The van der Waals surface area contributed by atoms with Crippen LogP contribution in [0.15, 0.2) is 208 Å². The van der Waals surface area contributed by atoms with Gasteiger partial charge in [0.15, 0.2) is 16.9 Å². The molecule has 0 atom stereocenters. The van der Waals surface area contributed by atoms with Gasteiger partial charge in [-0.1, -0.05) is 36.4 Å². The fourth-order valence-electron chi connectivity index (χ4n) is 9.86. The number of benzene rings is 3. The molecule has 0 saturated heterocycles. The lowest BCUT2D eigenvalue weighted by Crippen LogP contribution is -1.99. The van der Waals surface area contributed by atoms with Crippen LogP contribution in [0.2, 0.25) is 0 Å². The van der Waals surface area contributed by atoms with Gasteiger partial charge in [0.1, 0.15) is 40.4 Å². The first-order valence-electron chi connectivity index (χ1n) is 25.9. The molecule has 0 unspecified atom stereocenters. The summed E-state index contributed by atoms with van der Waals surface area (Å²) in [4.78, 5) is 39.2. The van der Waals surface area contributed by atoms with E-state index in [1.54, 1.807) is 117 Å². The second-order valence-electron chi connectivity index (χ2n) is 18.7. The van der Waals surface area contributed by atoms with Gasteiger partial charge in [0.25, 0.3) is 0 Å². The summed E-state index contributed by atoms with van der Waals surface area (Å²) in [6.45, 7) is 0. The van der Waals surface area contributed by atoms with Gasteiger partial charge in [-0.2, -0.15) is 10.2 Å². The maximum atomic E-state index is 14.4. The number of methoxy groups -OCH3 is 1. The van der Waals surface area contributed by atoms with E-state index in [1.807, 2.05) is 72.8 Å². The molecule has 0 aliphatic carbocycles. The minimum atomic E-state index is -0.353. The van der Waals surface area contributed by atoms with Crippen molar-refractivity contribution in [2.24, 2.45) is 0 Å². The third-order valence-corrected chi connectivity index (χ3v) is 13.8. The minimum absolute atomic E-state index is 0.334. The number of hydrogen-bond acceptors (Lipinski definition) is 17. The maximum Gasteiger partial charge on any atom is 0.242 e. The van der Waals surface area contributed by atoms with Crippen molar-refractivity contribution in [2.75, 3.05) is 12.8 Å². The molecule has 17 nitrogen and oxygen atoms in total. The van der Waals surface area contributed by atoms with E-state index in [2.05, 4.69) is 75.4 Å². The van der Waals surface area contributed by atoms with Crippen molar-refractivity contribution < 1.29 is 17.9 Å². The Labute approximate surface area is 474 Å². The topological polar surface area (TPSA) is 229 Å². The van der Waals surface area contributed by atoms with E-state index in [9.17, 15) is 13.2 Å². The minimum Gasteiger partial charge on any atom is -0.479 e. The Morgan fingerprint density at radius 1 is 0.357 bits per heavy atom. The fourth-order valence-corrected chi connectivity index (χ4v) is 9.86. The summed E-state index contributed by atoms with van der Waals surface area (Å²) >= 11 is 0. The second kappa shape index (κ2) is 22.4. The van der Waals surface area contributed by atoms with Crippen molar-refractivity contribution in [2.45, 2.75) is 0 Å². The van der Waals surface area contributed by atoms with Crippen LogP contribution in [-0.4, -0.2) is 82.6 Å². The van der Waals surface area contributed by atoms with E-state index in [-0.39, 0.29) is 17.5 Å². The highest BCUT2D eigenvalue weighted by molar-refractivity contribution is 6.07. The quantitative estimate of drug-likeness (QED) is 0.156. The highest BCUT2D eigenvalue weighted by atomic mass is 19.1. The van der Waals surface area contributed by atoms with Crippen LogP contribution in [0.5, 0.6) is 5.88 Å². The molecule has 15 aromatic rings. The lowest BCUT2D eigenvalue weighted by Gasteiger charge is -2.12. The van der Waals surface area contributed by atoms with Crippen molar-refractivity contribution in [3.05, 3.63) is 225 Å². The Bertz CT molecular complexity index is 5010. The number of pyridine rings is 9. The molecule has 12 heterocycles. The average molecular weight is 1110 g/mol. The number of nitrogens with zero attached hydrogens (tertiary/aromatic N) is 15. The van der Waals surface area contributed by atoms with Gasteiger partial charge in [0.2, 0.25) is 5.88 Å². The van der Waals surface area contributed by atoms with Crippen molar-refractivity contribution in [1.82, 2.24) is 75.4 Å². The van der Waals surface area contributed by atoms with Crippen LogP contribution in [0.1, 0.15) is 0 Å². The Morgan fingerprint density at radius 2 is 0.798 bits per heavy atom. The lowest BCUT2D eigenvalue weighted by molar-refractivity contribution is 0.398. The molecule has 84 heavy (non-hydrogen) atoms. The lowest BCUT2D eigenvalue weighted by atomic mass is 10.0. The van der Waals surface area contributed by atoms with Crippen LogP contribution < -0.4 is 10.5 Å². The molecule has 2 N–H and O–H groups in total. The number of halogens is 3. The molecule has 0 fully saturated rings. The van der Waals surface area contributed by atoms with Crippen LogP contribution in [-0.2, 0) is 0 Å². The molecule has 3 aromatic carbocycles. The van der Waals surface area contributed by atoms with E-state index in [0.717, 1.165) is 59.8 Å². The number of hydrogen-bond donors (Lipinski definition) is 1. The average Bonchev–Trinajstić information content (AvgIpc) is 1.98. The number of nitrogen functional groups attached to an aromatic ring is 1. The zero-order valence-corrected chi connectivity index (χ0v) is 44.0. The predicted molar refractivity (Wildman–Crippen MR) is 315 cm³/mol. The third-order valence-electron chi connectivity index (χ3n) is 13.8. The van der Waals surface area contributed by atoms with Crippen LogP contribution in [0.3, 0.4) is 0 Å². The SMILES string of the molecule is COc1nnc(-c2cc(-c3ccccc3F)nc3ncccc23)c2ccncc12.Fc1ccccc1-c1cc(-c2nncc3cnccc23)c2cccnc2n1.Nc1nccc2c(-c3cc(-c4ccccc4F)nc4ncccc34)nncc12. The molecule has 402 valence electrons. The van der Waals surface area contributed by atoms with Gasteiger partial charge in [-0.25, -0.2) is 48.1 Å². The molecular weight excluding hydrogens is 1070 g/mol. The number of nitrogens with two attached hydrogens (primary N) is 1. The third kappa shape index (κ3) is 9.80. The molecule has 20 heteroatoms. The van der Waals surface area contributed by atoms with Crippen LogP contribution in [0, 0.1) is 17.5 Å². The maximum absolute atomic E-state index is 14.4. The van der Waals surface area contributed by atoms with E-state index in [1.165, 1.54) is 25.3 Å².